The maximum absolute atomic E-state index is 13.9. The van der Waals surface area contributed by atoms with Gasteiger partial charge in [-0.3, -0.25) is 9.13 Å². The van der Waals surface area contributed by atoms with Crippen molar-refractivity contribution in [1.29, 1.82) is 0 Å². The van der Waals surface area contributed by atoms with Crippen LogP contribution in [0.1, 0.15) is 0 Å². The van der Waals surface area contributed by atoms with Gasteiger partial charge in [0, 0.05) is 0 Å². The van der Waals surface area contributed by atoms with Gasteiger partial charge < -0.3 is 0 Å². The average Bonchev–Trinajstić information content (AvgIpc) is 3.51. The SMILES string of the molecule is O=c1n(-c2ccccc2)c2ccccc2n1-c1ccc(-c2ccc(-c3c4ccccc4c(-c4ccc5ccccc5c4)c4ccccc34)cc2)cc1. The van der Waals surface area contributed by atoms with Crippen LogP contribution in [0.25, 0.3) is 88.1 Å². The first-order chi connectivity index (χ1) is 25.7. The van der Waals surface area contributed by atoms with Crippen LogP contribution < -0.4 is 5.69 Å². The lowest BCUT2D eigenvalue weighted by atomic mass is 9.85. The molecule has 0 bridgehead atoms. The standard InChI is InChI=1S/C49H32N2O/c52-49-50(39-14-2-1-3-15-39)45-20-10-11-21-46(45)51(49)40-30-28-35(29-31-40)34-22-25-36(26-23-34)47-41-16-6-8-18-43(41)48(44-19-9-7-17-42(44)47)38-27-24-33-12-4-5-13-37(33)32-38/h1-32H. The first kappa shape index (κ1) is 29.9. The predicted octanol–water partition coefficient (Wildman–Crippen LogP) is 12.2. The van der Waals surface area contributed by atoms with E-state index < -0.39 is 0 Å². The molecule has 3 heteroatoms. The summed E-state index contributed by atoms with van der Waals surface area (Å²) < 4.78 is 3.58. The molecular weight excluding hydrogens is 633 g/mol. The van der Waals surface area contributed by atoms with Crippen molar-refractivity contribution in [2.45, 2.75) is 0 Å². The van der Waals surface area contributed by atoms with Gasteiger partial charge in [-0.05, 0) is 108 Å². The molecule has 0 amide bonds. The van der Waals surface area contributed by atoms with Gasteiger partial charge in [0.15, 0.2) is 0 Å². The Labute approximate surface area is 300 Å². The van der Waals surface area contributed by atoms with Gasteiger partial charge in [0.2, 0.25) is 0 Å². The number of rotatable bonds is 5. The second-order valence-corrected chi connectivity index (χ2v) is 13.3. The summed E-state index contributed by atoms with van der Waals surface area (Å²) in [6.07, 6.45) is 0. The number of benzene rings is 9. The normalized spacial score (nSPS) is 11.5. The Morgan fingerprint density at radius 1 is 0.308 bits per heavy atom. The highest BCUT2D eigenvalue weighted by Crippen LogP contribution is 2.44. The van der Waals surface area contributed by atoms with Gasteiger partial charge in [-0.1, -0.05) is 152 Å². The zero-order valence-electron chi connectivity index (χ0n) is 28.3. The van der Waals surface area contributed by atoms with Crippen molar-refractivity contribution < 1.29 is 0 Å². The summed E-state index contributed by atoms with van der Waals surface area (Å²) in [5.74, 6) is 0. The lowest BCUT2D eigenvalue weighted by Gasteiger charge is -2.18. The van der Waals surface area contributed by atoms with Crippen molar-refractivity contribution in [2.75, 3.05) is 0 Å². The summed E-state index contributed by atoms with van der Waals surface area (Å²) in [6.45, 7) is 0. The summed E-state index contributed by atoms with van der Waals surface area (Å²) in [6, 6.07) is 67.9. The molecule has 10 rings (SSSR count). The lowest BCUT2D eigenvalue weighted by molar-refractivity contribution is 0.931. The Kier molecular flexibility index (Phi) is 6.97. The van der Waals surface area contributed by atoms with Crippen LogP contribution in [-0.4, -0.2) is 9.13 Å². The second kappa shape index (κ2) is 12.1. The monoisotopic (exact) mass is 664 g/mol. The van der Waals surface area contributed by atoms with Gasteiger partial charge in [0.25, 0.3) is 0 Å². The van der Waals surface area contributed by atoms with E-state index in [0.717, 1.165) is 33.5 Å². The van der Waals surface area contributed by atoms with Crippen LogP contribution in [0.3, 0.4) is 0 Å². The van der Waals surface area contributed by atoms with Gasteiger partial charge in [0.1, 0.15) is 0 Å². The molecule has 1 aromatic heterocycles. The number of fused-ring (bicyclic) bond motifs is 4. The van der Waals surface area contributed by atoms with Gasteiger partial charge >= 0.3 is 5.69 Å². The van der Waals surface area contributed by atoms with Crippen LogP contribution in [0, 0.1) is 0 Å². The Balaban J connectivity index is 1.05. The minimum absolute atomic E-state index is 0.0874. The molecule has 0 saturated heterocycles. The molecule has 1 heterocycles. The number of aromatic nitrogens is 2. The minimum Gasteiger partial charge on any atom is -0.260 e. The third-order valence-electron chi connectivity index (χ3n) is 10.4. The highest BCUT2D eigenvalue weighted by atomic mass is 16.1. The molecular formula is C49H32N2O. The van der Waals surface area contributed by atoms with E-state index in [9.17, 15) is 4.79 Å². The second-order valence-electron chi connectivity index (χ2n) is 13.3. The number of hydrogen-bond acceptors (Lipinski definition) is 1. The van der Waals surface area contributed by atoms with E-state index in [-0.39, 0.29) is 5.69 Å². The zero-order chi connectivity index (χ0) is 34.6. The fourth-order valence-electron chi connectivity index (χ4n) is 7.95. The predicted molar refractivity (Wildman–Crippen MR) is 218 cm³/mol. The average molecular weight is 665 g/mol. The molecule has 0 aliphatic rings. The number of nitrogens with zero attached hydrogens (tertiary/aromatic N) is 2. The van der Waals surface area contributed by atoms with E-state index >= 15 is 0 Å². The number of imidazole rings is 1. The Hall–Kier alpha value is -6.97. The molecule has 52 heavy (non-hydrogen) atoms. The molecule has 0 fully saturated rings. The smallest absolute Gasteiger partial charge is 0.260 e. The first-order valence-corrected chi connectivity index (χ1v) is 17.6. The number of hydrogen-bond donors (Lipinski definition) is 0. The molecule has 0 saturated carbocycles. The van der Waals surface area contributed by atoms with Crippen molar-refractivity contribution in [3.8, 4) is 44.8 Å². The van der Waals surface area contributed by atoms with Crippen LogP contribution in [0.15, 0.2) is 199 Å². The molecule has 244 valence electrons. The molecule has 0 aliphatic carbocycles. The summed E-state index contributed by atoms with van der Waals surface area (Å²) in [5.41, 5.74) is 10.5. The minimum atomic E-state index is -0.0874. The molecule has 0 radical (unpaired) electrons. The van der Waals surface area contributed by atoms with Crippen molar-refractivity contribution in [2.24, 2.45) is 0 Å². The van der Waals surface area contributed by atoms with Gasteiger partial charge in [0.05, 0.1) is 22.4 Å². The summed E-state index contributed by atoms with van der Waals surface area (Å²) in [7, 11) is 0. The van der Waals surface area contributed by atoms with E-state index in [0.29, 0.717) is 0 Å². The lowest BCUT2D eigenvalue weighted by Crippen LogP contribution is -2.21. The van der Waals surface area contributed by atoms with Crippen LogP contribution in [-0.2, 0) is 0 Å². The van der Waals surface area contributed by atoms with Crippen molar-refractivity contribution in [3.63, 3.8) is 0 Å². The van der Waals surface area contributed by atoms with E-state index in [4.69, 9.17) is 0 Å². The van der Waals surface area contributed by atoms with Crippen molar-refractivity contribution in [1.82, 2.24) is 9.13 Å². The topological polar surface area (TPSA) is 26.9 Å². The maximum atomic E-state index is 13.9. The highest BCUT2D eigenvalue weighted by Gasteiger charge is 2.18. The molecule has 0 unspecified atom stereocenters. The molecule has 0 atom stereocenters. The largest absolute Gasteiger partial charge is 0.338 e. The van der Waals surface area contributed by atoms with E-state index in [2.05, 4.69) is 127 Å². The Morgan fingerprint density at radius 2 is 0.712 bits per heavy atom. The van der Waals surface area contributed by atoms with Crippen LogP contribution in [0.2, 0.25) is 0 Å². The van der Waals surface area contributed by atoms with Gasteiger partial charge in [-0.15, -0.1) is 0 Å². The van der Waals surface area contributed by atoms with Crippen molar-refractivity contribution >= 4 is 43.4 Å². The Bertz CT molecular complexity index is 2950. The van der Waals surface area contributed by atoms with Crippen LogP contribution in [0.4, 0.5) is 0 Å². The quantitative estimate of drug-likeness (QED) is 0.168. The first-order valence-electron chi connectivity index (χ1n) is 17.6. The molecule has 10 aromatic rings. The van der Waals surface area contributed by atoms with Crippen LogP contribution in [0.5, 0.6) is 0 Å². The maximum Gasteiger partial charge on any atom is 0.338 e. The number of para-hydroxylation sites is 3. The summed E-state index contributed by atoms with van der Waals surface area (Å²) in [5, 5.41) is 7.45. The van der Waals surface area contributed by atoms with E-state index in [1.165, 1.54) is 54.6 Å². The van der Waals surface area contributed by atoms with Gasteiger partial charge in [-0.2, -0.15) is 0 Å². The molecule has 0 aliphatic heterocycles. The highest BCUT2D eigenvalue weighted by molar-refractivity contribution is 6.21. The van der Waals surface area contributed by atoms with Gasteiger partial charge in [-0.25, -0.2) is 4.79 Å². The molecule has 0 spiro atoms. The molecule has 0 N–H and O–H groups in total. The summed E-state index contributed by atoms with van der Waals surface area (Å²) >= 11 is 0. The zero-order valence-corrected chi connectivity index (χ0v) is 28.3. The van der Waals surface area contributed by atoms with E-state index in [1.807, 2.05) is 66.7 Å². The fraction of sp³-hybridized carbons (Fsp3) is 0. The Morgan fingerprint density at radius 3 is 1.29 bits per heavy atom. The molecule has 3 nitrogen and oxygen atoms in total. The van der Waals surface area contributed by atoms with E-state index in [1.54, 1.807) is 9.13 Å². The third kappa shape index (κ3) is 4.79. The molecule has 9 aromatic carbocycles. The fourth-order valence-corrected chi connectivity index (χ4v) is 7.95. The van der Waals surface area contributed by atoms with Crippen LogP contribution >= 0.6 is 0 Å². The third-order valence-corrected chi connectivity index (χ3v) is 10.4. The summed E-state index contributed by atoms with van der Waals surface area (Å²) in [4.78, 5) is 13.9. The van der Waals surface area contributed by atoms with Crippen molar-refractivity contribution in [3.05, 3.63) is 205 Å².